The average Bonchev–Trinajstić information content (AvgIpc) is 2.54. The highest BCUT2D eigenvalue weighted by Crippen LogP contribution is 2.16. The SMILES string of the molecule is CCOC(=O)/C(=C/c1ccccc1F)C(=O)c1ccccc1. The second-order valence-electron chi connectivity index (χ2n) is 4.50. The van der Waals surface area contributed by atoms with E-state index in [9.17, 15) is 14.0 Å². The molecular formula is C18H15FO3. The summed E-state index contributed by atoms with van der Waals surface area (Å²) in [6, 6.07) is 14.3. The quantitative estimate of drug-likeness (QED) is 0.278. The molecule has 0 saturated carbocycles. The third kappa shape index (κ3) is 3.67. The van der Waals surface area contributed by atoms with Crippen LogP contribution >= 0.6 is 0 Å². The van der Waals surface area contributed by atoms with Crippen LogP contribution in [0.5, 0.6) is 0 Å². The van der Waals surface area contributed by atoms with Gasteiger partial charge in [-0.05, 0) is 19.1 Å². The van der Waals surface area contributed by atoms with Crippen LogP contribution in [-0.2, 0) is 9.53 Å². The number of carbonyl (C=O) groups excluding carboxylic acids is 2. The molecule has 0 heterocycles. The van der Waals surface area contributed by atoms with Gasteiger partial charge in [0.15, 0.2) is 5.78 Å². The third-order valence-electron chi connectivity index (χ3n) is 2.98. The van der Waals surface area contributed by atoms with Gasteiger partial charge >= 0.3 is 5.97 Å². The van der Waals surface area contributed by atoms with E-state index >= 15 is 0 Å². The maximum absolute atomic E-state index is 13.8. The fourth-order valence-corrected chi connectivity index (χ4v) is 1.92. The van der Waals surface area contributed by atoms with E-state index in [0.29, 0.717) is 5.56 Å². The van der Waals surface area contributed by atoms with Crippen molar-refractivity contribution in [2.24, 2.45) is 0 Å². The Hall–Kier alpha value is -2.75. The number of halogens is 1. The Labute approximate surface area is 128 Å². The number of esters is 1. The number of carbonyl (C=O) groups is 2. The first kappa shape index (κ1) is 15.6. The normalized spacial score (nSPS) is 11.1. The number of Topliss-reactive ketones (excluding diaryl/α,β-unsaturated/α-hetero) is 1. The van der Waals surface area contributed by atoms with Gasteiger partial charge in [-0.2, -0.15) is 0 Å². The molecule has 0 aliphatic rings. The molecule has 0 aliphatic heterocycles. The number of hydrogen-bond donors (Lipinski definition) is 0. The van der Waals surface area contributed by atoms with Crippen molar-refractivity contribution in [1.29, 1.82) is 0 Å². The van der Waals surface area contributed by atoms with Crippen molar-refractivity contribution in [2.45, 2.75) is 6.92 Å². The molecule has 0 aliphatic carbocycles. The number of rotatable bonds is 5. The summed E-state index contributed by atoms with van der Waals surface area (Å²) < 4.78 is 18.7. The zero-order valence-electron chi connectivity index (χ0n) is 12.1. The van der Waals surface area contributed by atoms with Crippen LogP contribution in [0.1, 0.15) is 22.8 Å². The fraction of sp³-hybridized carbons (Fsp3) is 0.111. The van der Waals surface area contributed by atoms with Crippen molar-refractivity contribution >= 4 is 17.8 Å². The lowest BCUT2D eigenvalue weighted by Gasteiger charge is -2.07. The van der Waals surface area contributed by atoms with Crippen molar-refractivity contribution in [1.82, 2.24) is 0 Å². The highest BCUT2D eigenvalue weighted by molar-refractivity contribution is 6.26. The molecule has 112 valence electrons. The Morgan fingerprint density at radius 1 is 1.05 bits per heavy atom. The molecule has 2 aromatic carbocycles. The Kier molecular flexibility index (Phi) is 5.20. The Bertz CT molecular complexity index is 705. The minimum atomic E-state index is -0.764. The molecule has 0 fully saturated rings. The highest BCUT2D eigenvalue weighted by Gasteiger charge is 2.21. The Morgan fingerprint density at radius 3 is 2.32 bits per heavy atom. The van der Waals surface area contributed by atoms with Crippen molar-refractivity contribution in [3.8, 4) is 0 Å². The standard InChI is InChI=1S/C18H15FO3/c1-2-22-18(21)15(12-14-10-6-7-11-16(14)19)17(20)13-8-4-3-5-9-13/h3-12H,2H2,1H3/b15-12+. The van der Waals surface area contributed by atoms with Crippen LogP contribution in [0.4, 0.5) is 4.39 Å². The lowest BCUT2D eigenvalue weighted by Crippen LogP contribution is -2.16. The van der Waals surface area contributed by atoms with Crippen LogP contribution < -0.4 is 0 Å². The lowest BCUT2D eigenvalue weighted by atomic mass is 10.0. The summed E-state index contributed by atoms with van der Waals surface area (Å²) in [6.45, 7) is 1.78. The largest absolute Gasteiger partial charge is 0.462 e. The molecule has 2 rings (SSSR count). The molecule has 3 nitrogen and oxygen atoms in total. The van der Waals surface area contributed by atoms with Gasteiger partial charge in [-0.1, -0.05) is 48.5 Å². The number of ether oxygens (including phenoxy) is 1. The minimum Gasteiger partial charge on any atom is -0.462 e. The number of ketones is 1. The maximum Gasteiger partial charge on any atom is 0.342 e. The second kappa shape index (κ2) is 7.31. The van der Waals surface area contributed by atoms with Gasteiger partial charge in [0.25, 0.3) is 0 Å². The summed E-state index contributed by atoms with van der Waals surface area (Å²) in [5.74, 6) is -1.77. The summed E-state index contributed by atoms with van der Waals surface area (Å²) >= 11 is 0. The van der Waals surface area contributed by atoms with Gasteiger partial charge in [0.2, 0.25) is 0 Å². The van der Waals surface area contributed by atoms with E-state index in [4.69, 9.17) is 4.74 Å². The monoisotopic (exact) mass is 298 g/mol. The van der Waals surface area contributed by atoms with Crippen molar-refractivity contribution < 1.29 is 18.7 Å². The second-order valence-corrected chi connectivity index (χ2v) is 4.50. The van der Waals surface area contributed by atoms with E-state index in [-0.39, 0.29) is 17.7 Å². The summed E-state index contributed by atoms with van der Waals surface area (Å²) in [5.41, 5.74) is 0.311. The van der Waals surface area contributed by atoms with E-state index in [0.717, 1.165) is 0 Å². The molecule has 0 bridgehead atoms. The van der Waals surface area contributed by atoms with Gasteiger partial charge in [-0.15, -0.1) is 0 Å². The number of hydrogen-bond acceptors (Lipinski definition) is 3. The van der Waals surface area contributed by atoms with Gasteiger partial charge in [0, 0.05) is 11.1 Å². The molecule has 0 saturated heterocycles. The molecule has 0 unspecified atom stereocenters. The first-order valence-corrected chi connectivity index (χ1v) is 6.86. The van der Waals surface area contributed by atoms with Crippen molar-refractivity contribution in [3.63, 3.8) is 0 Å². The zero-order chi connectivity index (χ0) is 15.9. The molecule has 0 amide bonds. The van der Waals surface area contributed by atoms with Crippen molar-refractivity contribution in [2.75, 3.05) is 6.61 Å². The predicted octanol–water partition coefficient (Wildman–Crippen LogP) is 3.66. The third-order valence-corrected chi connectivity index (χ3v) is 2.98. The lowest BCUT2D eigenvalue weighted by molar-refractivity contribution is -0.137. The van der Waals surface area contributed by atoms with Gasteiger partial charge < -0.3 is 4.74 Å². The smallest absolute Gasteiger partial charge is 0.342 e. The van der Waals surface area contributed by atoms with Crippen LogP contribution in [0.25, 0.3) is 6.08 Å². The first-order chi connectivity index (χ1) is 10.6. The molecule has 0 spiro atoms. The van der Waals surface area contributed by atoms with Crippen LogP contribution in [0.2, 0.25) is 0 Å². The van der Waals surface area contributed by atoms with E-state index in [1.165, 1.54) is 24.3 Å². The molecular weight excluding hydrogens is 283 g/mol. The zero-order valence-corrected chi connectivity index (χ0v) is 12.1. The summed E-state index contributed by atoms with van der Waals surface area (Å²) in [6.07, 6.45) is 1.22. The topological polar surface area (TPSA) is 43.4 Å². The van der Waals surface area contributed by atoms with Crippen LogP contribution in [0.15, 0.2) is 60.2 Å². The maximum atomic E-state index is 13.8. The summed E-state index contributed by atoms with van der Waals surface area (Å²) in [7, 11) is 0. The molecule has 0 N–H and O–H groups in total. The van der Waals surface area contributed by atoms with Gasteiger partial charge in [0.05, 0.1) is 6.61 Å². The summed E-state index contributed by atoms with van der Waals surface area (Å²) in [5, 5.41) is 0. The van der Waals surface area contributed by atoms with Crippen LogP contribution in [0, 0.1) is 5.82 Å². The van der Waals surface area contributed by atoms with E-state index in [2.05, 4.69) is 0 Å². The average molecular weight is 298 g/mol. The first-order valence-electron chi connectivity index (χ1n) is 6.86. The molecule has 2 aromatic rings. The molecule has 4 heteroatoms. The van der Waals surface area contributed by atoms with Crippen LogP contribution in [0.3, 0.4) is 0 Å². The molecule has 0 atom stereocenters. The Balaban J connectivity index is 2.46. The van der Waals surface area contributed by atoms with E-state index < -0.39 is 17.6 Å². The molecule has 0 radical (unpaired) electrons. The predicted molar refractivity (Wildman–Crippen MR) is 81.8 cm³/mol. The summed E-state index contributed by atoms with van der Waals surface area (Å²) in [4.78, 5) is 24.5. The van der Waals surface area contributed by atoms with Gasteiger partial charge in [0.1, 0.15) is 11.4 Å². The molecule has 0 aromatic heterocycles. The van der Waals surface area contributed by atoms with E-state index in [1.807, 2.05) is 0 Å². The number of benzene rings is 2. The molecule has 22 heavy (non-hydrogen) atoms. The van der Waals surface area contributed by atoms with Gasteiger partial charge in [-0.3, -0.25) is 4.79 Å². The Morgan fingerprint density at radius 2 is 1.68 bits per heavy atom. The van der Waals surface area contributed by atoms with E-state index in [1.54, 1.807) is 43.3 Å². The minimum absolute atomic E-state index is 0.134. The van der Waals surface area contributed by atoms with Crippen molar-refractivity contribution in [3.05, 3.63) is 77.1 Å². The van der Waals surface area contributed by atoms with Crippen LogP contribution in [-0.4, -0.2) is 18.4 Å². The highest BCUT2D eigenvalue weighted by atomic mass is 19.1. The fourth-order valence-electron chi connectivity index (χ4n) is 1.92. The van der Waals surface area contributed by atoms with Gasteiger partial charge in [-0.25, -0.2) is 9.18 Å².